The normalized spacial score (nSPS) is 17.6. The van der Waals surface area contributed by atoms with E-state index in [9.17, 15) is 22.4 Å². The van der Waals surface area contributed by atoms with Gasteiger partial charge in [0.25, 0.3) is 11.5 Å². The summed E-state index contributed by atoms with van der Waals surface area (Å²) in [4.78, 5) is 22.6. The summed E-state index contributed by atoms with van der Waals surface area (Å²) in [6.45, 7) is 2.28. The molecule has 1 N–H and O–H groups in total. The maximum absolute atomic E-state index is 14.4. The van der Waals surface area contributed by atoms with Crippen LogP contribution in [0.4, 0.5) is 17.6 Å². The van der Waals surface area contributed by atoms with Crippen molar-refractivity contribution in [1.29, 1.82) is 0 Å². The molecule has 3 aromatic carbocycles. The molecule has 1 atom stereocenters. The molecule has 0 saturated heterocycles. The monoisotopic (exact) mass is 555 g/mol. The van der Waals surface area contributed by atoms with Crippen LogP contribution in [0.5, 0.6) is 0 Å². The van der Waals surface area contributed by atoms with Crippen LogP contribution in [0.2, 0.25) is 10.0 Å². The molecule has 12 heteroatoms. The Balaban J connectivity index is 1.70. The van der Waals surface area contributed by atoms with Gasteiger partial charge in [-0.05, 0) is 35.9 Å². The van der Waals surface area contributed by atoms with E-state index < -0.39 is 45.5 Å². The minimum absolute atomic E-state index is 0.0131. The fourth-order valence-electron chi connectivity index (χ4n) is 3.98. The van der Waals surface area contributed by atoms with Gasteiger partial charge in [-0.15, -0.1) is 0 Å². The second kappa shape index (κ2) is 10.5. The van der Waals surface area contributed by atoms with Crippen LogP contribution in [-0.4, -0.2) is 37.2 Å². The van der Waals surface area contributed by atoms with Crippen LogP contribution in [0.25, 0.3) is 10.8 Å². The van der Waals surface area contributed by atoms with Gasteiger partial charge >= 0.3 is 6.18 Å². The number of hydrogen-bond acceptors (Lipinski definition) is 5. The predicted octanol–water partition coefficient (Wildman–Crippen LogP) is 6.62. The van der Waals surface area contributed by atoms with Gasteiger partial charge in [-0.1, -0.05) is 63.8 Å². The average Bonchev–Trinajstić information content (AvgIpc) is 3.33. The van der Waals surface area contributed by atoms with Crippen LogP contribution < -0.4 is 5.32 Å². The second-order valence-electron chi connectivity index (χ2n) is 8.01. The Hall–Kier alpha value is -3.37. The van der Waals surface area contributed by atoms with E-state index in [0.717, 1.165) is 12.1 Å². The molecule has 1 aliphatic heterocycles. The minimum atomic E-state index is -4.94. The van der Waals surface area contributed by atoms with E-state index in [-0.39, 0.29) is 12.3 Å². The van der Waals surface area contributed by atoms with E-state index in [4.69, 9.17) is 32.9 Å². The fraction of sp³-hybridized carbons (Fsp3) is 0.240. The number of fused-ring (bicyclic) bond motifs is 1. The molecule has 37 heavy (non-hydrogen) atoms. The number of carbonyl (C=O) groups excluding carboxylic acids is 1. The largest absolute Gasteiger partial charge is 0.435 e. The molecule has 1 amide bonds. The number of alkyl halides is 3. The second-order valence-corrected chi connectivity index (χ2v) is 8.82. The summed E-state index contributed by atoms with van der Waals surface area (Å²) in [5.41, 5.74) is -2.77. The van der Waals surface area contributed by atoms with Crippen molar-refractivity contribution >= 4 is 51.8 Å². The Morgan fingerprint density at radius 1 is 1.19 bits per heavy atom. The summed E-state index contributed by atoms with van der Waals surface area (Å²) < 4.78 is 57.1. The van der Waals surface area contributed by atoms with E-state index in [1.165, 1.54) is 18.3 Å². The number of amides is 1. The zero-order valence-electron chi connectivity index (χ0n) is 19.2. The van der Waals surface area contributed by atoms with Crippen molar-refractivity contribution in [1.82, 2.24) is 5.32 Å². The molecule has 0 bridgehead atoms. The number of oxime groups is 2. The lowest BCUT2D eigenvalue weighted by Crippen LogP contribution is -2.42. The third-order valence-electron chi connectivity index (χ3n) is 5.75. The zero-order chi connectivity index (χ0) is 26.8. The first-order valence-corrected chi connectivity index (χ1v) is 11.8. The first-order valence-electron chi connectivity index (χ1n) is 11.0. The van der Waals surface area contributed by atoms with E-state index in [1.54, 1.807) is 31.2 Å². The topological polar surface area (TPSA) is 72.3 Å². The Kier molecular flexibility index (Phi) is 7.61. The van der Waals surface area contributed by atoms with Crippen LogP contribution in [0.1, 0.15) is 34.8 Å². The smallest absolute Gasteiger partial charge is 0.396 e. The Morgan fingerprint density at radius 2 is 1.86 bits per heavy atom. The number of carbonyl (C=O) groups is 1. The first-order chi connectivity index (χ1) is 17.6. The lowest BCUT2D eigenvalue weighted by Gasteiger charge is -2.29. The number of rotatable bonds is 7. The maximum Gasteiger partial charge on any atom is 0.435 e. The van der Waals surface area contributed by atoms with Gasteiger partial charge < -0.3 is 15.0 Å². The molecule has 1 heterocycles. The van der Waals surface area contributed by atoms with Gasteiger partial charge in [0.1, 0.15) is 6.61 Å². The van der Waals surface area contributed by atoms with E-state index in [2.05, 4.69) is 15.6 Å². The van der Waals surface area contributed by atoms with Gasteiger partial charge in [-0.2, -0.15) is 13.2 Å². The van der Waals surface area contributed by atoms with Crippen LogP contribution in [0, 0.1) is 5.82 Å². The van der Waals surface area contributed by atoms with Crippen LogP contribution in [0.15, 0.2) is 58.8 Å². The lowest BCUT2D eigenvalue weighted by atomic mass is 9.85. The quantitative estimate of drug-likeness (QED) is 0.154. The van der Waals surface area contributed by atoms with Crippen molar-refractivity contribution < 1.29 is 32.0 Å². The Morgan fingerprint density at radius 3 is 2.51 bits per heavy atom. The van der Waals surface area contributed by atoms with Crippen LogP contribution in [-0.2, 0) is 15.3 Å². The minimum Gasteiger partial charge on any atom is -0.396 e. The Labute approximate surface area is 218 Å². The number of nitrogens with zero attached hydrogens (tertiary/aromatic N) is 2. The van der Waals surface area contributed by atoms with Crippen molar-refractivity contribution in [3.05, 3.63) is 81.1 Å². The van der Waals surface area contributed by atoms with E-state index >= 15 is 0 Å². The van der Waals surface area contributed by atoms with Crippen molar-refractivity contribution in [2.75, 3.05) is 13.2 Å². The van der Waals surface area contributed by atoms with Gasteiger partial charge in [0, 0.05) is 23.1 Å². The highest BCUT2D eigenvalue weighted by Crippen LogP contribution is 2.50. The third kappa shape index (κ3) is 5.08. The summed E-state index contributed by atoms with van der Waals surface area (Å²) in [5, 5.41) is 9.96. The van der Waals surface area contributed by atoms with Gasteiger partial charge in [0.05, 0.1) is 28.5 Å². The summed E-state index contributed by atoms with van der Waals surface area (Å²) in [5.74, 6) is -1.44. The summed E-state index contributed by atoms with van der Waals surface area (Å²) in [6, 6.07) is 11.4. The highest BCUT2D eigenvalue weighted by atomic mass is 35.5. The van der Waals surface area contributed by atoms with Crippen LogP contribution >= 0.6 is 23.2 Å². The third-order valence-corrected chi connectivity index (χ3v) is 6.30. The maximum atomic E-state index is 14.4. The van der Waals surface area contributed by atoms with Crippen molar-refractivity contribution in [2.24, 2.45) is 10.3 Å². The van der Waals surface area contributed by atoms with Gasteiger partial charge in [0.2, 0.25) is 0 Å². The highest BCUT2D eigenvalue weighted by molar-refractivity contribution is 6.35. The molecule has 0 spiro atoms. The van der Waals surface area contributed by atoms with Crippen molar-refractivity contribution in [3.63, 3.8) is 0 Å². The Bertz CT molecular complexity index is 1390. The highest BCUT2D eigenvalue weighted by Gasteiger charge is 2.62. The molecule has 0 fully saturated rings. The molecule has 1 aliphatic rings. The molecule has 6 nitrogen and oxygen atoms in total. The molecular formula is C25H19Cl2F4N3O3. The SMILES string of the molecule is CCO/N=C/CNC(=O)c1ccc(C2=NOC(c3cc(Cl)c(F)c(Cl)c3)(C(F)(F)F)C2)c2ccccc12. The molecule has 0 radical (unpaired) electrons. The van der Waals surface area contributed by atoms with Crippen molar-refractivity contribution in [2.45, 2.75) is 25.1 Å². The van der Waals surface area contributed by atoms with E-state index in [1.807, 2.05) is 0 Å². The molecule has 0 saturated carbocycles. The van der Waals surface area contributed by atoms with Crippen LogP contribution in [0.3, 0.4) is 0 Å². The summed E-state index contributed by atoms with van der Waals surface area (Å²) >= 11 is 11.6. The van der Waals surface area contributed by atoms with Gasteiger partial charge in [-0.25, -0.2) is 4.39 Å². The molecule has 0 aromatic heterocycles. The number of nitrogens with one attached hydrogen (secondary N) is 1. The standard InChI is InChI=1S/C25H19Cl2F4N3O3/c1-2-36-33-10-9-32-23(35)18-8-7-17(15-5-3-4-6-16(15)18)21-13-24(37-34-21,25(29,30)31)14-11-19(26)22(28)20(27)12-14/h3-8,10-12H,2,9,13H2,1H3,(H,32,35)/b33-10+. The summed E-state index contributed by atoms with van der Waals surface area (Å²) in [7, 11) is 0. The molecule has 3 aromatic rings. The van der Waals surface area contributed by atoms with Gasteiger partial charge in [0.15, 0.2) is 5.82 Å². The molecule has 0 aliphatic carbocycles. The number of benzene rings is 3. The molecule has 1 unspecified atom stereocenters. The summed E-state index contributed by atoms with van der Waals surface area (Å²) in [6.07, 6.45) is -4.27. The fourth-order valence-corrected chi connectivity index (χ4v) is 4.47. The zero-order valence-corrected chi connectivity index (χ0v) is 20.7. The number of hydrogen-bond donors (Lipinski definition) is 1. The molecule has 4 rings (SSSR count). The van der Waals surface area contributed by atoms with Crippen molar-refractivity contribution in [3.8, 4) is 0 Å². The molecular weight excluding hydrogens is 537 g/mol. The van der Waals surface area contributed by atoms with E-state index in [0.29, 0.717) is 28.5 Å². The first kappa shape index (κ1) is 26.7. The predicted molar refractivity (Wildman–Crippen MR) is 133 cm³/mol. The van der Waals surface area contributed by atoms with Gasteiger partial charge in [-0.3, -0.25) is 4.79 Å². The lowest BCUT2D eigenvalue weighted by molar-refractivity contribution is -0.275. The molecule has 194 valence electrons. The average molecular weight is 556 g/mol. The number of halogens is 6.